The molecule has 2 heterocycles. The topological polar surface area (TPSA) is 75.0 Å². The maximum absolute atomic E-state index is 12.1. The Kier molecular flexibility index (Phi) is 2.79. The van der Waals surface area contributed by atoms with Crippen molar-refractivity contribution >= 4 is 29.8 Å². The smallest absolute Gasteiger partial charge is 0.233 e. The number of H-pyrrole nitrogens is 1. The lowest BCUT2D eigenvalue weighted by atomic mass is 10.2. The van der Waals surface area contributed by atoms with Crippen molar-refractivity contribution in [1.82, 2.24) is 9.97 Å². The Morgan fingerprint density at radius 1 is 1.37 bits per heavy atom. The molecule has 3 N–H and O–H groups in total. The van der Waals surface area contributed by atoms with Gasteiger partial charge in [0.15, 0.2) is 4.77 Å². The summed E-state index contributed by atoms with van der Waals surface area (Å²) >= 11 is 5.01. The molecule has 0 radical (unpaired) electrons. The SMILES string of the molecule is Nc1[nH]c(=S)nc2c1CC(=O)N2Cc1ccccc1. The van der Waals surface area contributed by atoms with Crippen molar-refractivity contribution in [2.75, 3.05) is 10.6 Å². The van der Waals surface area contributed by atoms with E-state index in [4.69, 9.17) is 18.0 Å². The summed E-state index contributed by atoms with van der Waals surface area (Å²) in [6, 6.07) is 9.76. The van der Waals surface area contributed by atoms with E-state index in [1.54, 1.807) is 4.90 Å². The number of fused-ring (bicyclic) bond motifs is 1. The number of aromatic amines is 1. The van der Waals surface area contributed by atoms with Crippen LogP contribution in [0.2, 0.25) is 0 Å². The van der Waals surface area contributed by atoms with E-state index in [1.165, 1.54) is 0 Å². The minimum absolute atomic E-state index is 0.00736. The summed E-state index contributed by atoms with van der Waals surface area (Å²) in [4.78, 5) is 20.7. The van der Waals surface area contributed by atoms with E-state index in [1.807, 2.05) is 30.3 Å². The third-order valence-corrected chi connectivity index (χ3v) is 3.31. The predicted octanol–water partition coefficient (Wildman–Crippen LogP) is 1.81. The number of nitrogens with two attached hydrogens (primary N) is 1. The van der Waals surface area contributed by atoms with Gasteiger partial charge in [-0.05, 0) is 17.8 Å². The van der Waals surface area contributed by atoms with E-state index >= 15 is 0 Å². The second kappa shape index (κ2) is 4.47. The summed E-state index contributed by atoms with van der Waals surface area (Å²) in [7, 11) is 0. The summed E-state index contributed by atoms with van der Waals surface area (Å²) in [6.07, 6.45) is 0.271. The summed E-state index contributed by atoms with van der Waals surface area (Å²) in [5, 5.41) is 0. The lowest BCUT2D eigenvalue weighted by Crippen LogP contribution is -2.26. The van der Waals surface area contributed by atoms with E-state index in [2.05, 4.69) is 9.97 Å². The van der Waals surface area contributed by atoms with Crippen LogP contribution in [0, 0.1) is 4.77 Å². The van der Waals surface area contributed by atoms with Crippen LogP contribution in [0.3, 0.4) is 0 Å². The van der Waals surface area contributed by atoms with Gasteiger partial charge in [0.1, 0.15) is 11.6 Å². The summed E-state index contributed by atoms with van der Waals surface area (Å²) in [5.74, 6) is 1.00. The molecular weight excluding hydrogens is 260 g/mol. The molecule has 0 saturated carbocycles. The Balaban J connectivity index is 2.01. The number of anilines is 2. The third kappa shape index (κ3) is 2.10. The molecule has 0 atom stereocenters. The highest BCUT2D eigenvalue weighted by atomic mass is 32.1. The van der Waals surface area contributed by atoms with Crippen LogP contribution in [-0.2, 0) is 17.8 Å². The first-order chi connectivity index (χ1) is 9.15. The number of nitrogen functional groups attached to an aromatic ring is 1. The first-order valence-electron chi connectivity index (χ1n) is 5.88. The fourth-order valence-electron chi connectivity index (χ4n) is 2.19. The number of rotatable bonds is 2. The molecule has 0 aliphatic carbocycles. The van der Waals surface area contributed by atoms with Gasteiger partial charge in [0, 0.05) is 5.56 Å². The highest BCUT2D eigenvalue weighted by Crippen LogP contribution is 2.30. The van der Waals surface area contributed by atoms with Gasteiger partial charge in [-0.2, -0.15) is 0 Å². The number of nitrogens with zero attached hydrogens (tertiary/aromatic N) is 2. The molecule has 0 saturated heterocycles. The average molecular weight is 272 g/mol. The zero-order valence-electron chi connectivity index (χ0n) is 10.1. The zero-order valence-corrected chi connectivity index (χ0v) is 10.9. The first-order valence-corrected chi connectivity index (χ1v) is 6.29. The number of amides is 1. The highest BCUT2D eigenvalue weighted by Gasteiger charge is 2.30. The van der Waals surface area contributed by atoms with Gasteiger partial charge >= 0.3 is 0 Å². The number of hydrogen-bond acceptors (Lipinski definition) is 4. The van der Waals surface area contributed by atoms with Gasteiger partial charge in [-0.1, -0.05) is 30.3 Å². The minimum Gasteiger partial charge on any atom is -0.385 e. The maximum Gasteiger partial charge on any atom is 0.233 e. The Bertz CT molecular complexity index is 696. The van der Waals surface area contributed by atoms with Crippen LogP contribution in [0.5, 0.6) is 0 Å². The van der Waals surface area contributed by atoms with Crippen molar-refractivity contribution in [2.45, 2.75) is 13.0 Å². The Hall–Kier alpha value is -2.21. The molecule has 2 aromatic rings. The molecule has 1 aromatic carbocycles. The summed E-state index contributed by atoms with van der Waals surface area (Å²) in [5.41, 5.74) is 7.62. The lowest BCUT2D eigenvalue weighted by Gasteiger charge is -2.16. The average Bonchev–Trinajstić information content (AvgIpc) is 2.69. The molecule has 96 valence electrons. The van der Waals surface area contributed by atoms with Crippen molar-refractivity contribution in [3.8, 4) is 0 Å². The van der Waals surface area contributed by atoms with Crippen LogP contribution in [-0.4, -0.2) is 15.9 Å². The Morgan fingerprint density at radius 3 is 2.84 bits per heavy atom. The van der Waals surface area contributed by atoms with Crippen LogP contribution in [0.15, 0.2) is 30.3 Å². The highest BCUT2D eigenvalue weighted by molar-refractivity contribution is 7.71. The number of nitrogens with one attached hydrogen (secondary N) is 1. The molecule has 3 rings (SSSR count). The fraction of sp³-hybridized carbons (Fsp3) is 0.154. The van der Waals surface area contributed by atoms with Gasteiger partial charge in [0.05, 0.1) is 13.0 Å². The maximum atomic E-state index is 12.1. The van der Waals surface area contributed by atoms with Crippen molar-refractivity contribution in [1.29, 1.82) is 0 Å². The second-order valence-corrected chi connectivity index (χ2v) is 4.79. The van der Waals surface area contributed by atoms with Crippen LogP contribution < -0.4 is 10.6 Å². The van der Waals surface area contributed by atoms with Crippen LogP contribution >= 0.6 is 12.2 Å². The van der Waals surface area contributed by atoms with Gasteiger partial charge in [0.25, 0.3) is 0 Å². The largest absolute Gasteiger partial charge is 0.385 e. The van der Waals surface area contributed by atoms with E-state index in [-0.39, 0.29) is 12.3 Å². The van der Waals surface area contributed by atoms with Crippen molar-refractivity contribution in [2.24, 2.45) is 0 Å². The normalized spacial score (nSPS) is 13.7. The molecule has 0 bridgehead atoms. The standard InChI is InChI=1S/C13H12N4OS/c14-11-9-6-10(18)17(12(9)16-13(19)15-11)7-8-4-2-1-3-5-8/h1-5H,6-7H2,(H3,14,15,16,19). The first kappa shape index (κ1) is 11.9. The molecule has 0 spiro atoms. The lowest BCUT2D eigenvalue weighted by molar-refractivity contribution is -0.117. The fourth-order valence-corrected chi connectivity index (χ4v) is 2.39. The number of carbonyl (C=O) groups excluding carboxylic acids is 1. The molecule has 1 aromatic heterocycles. The van der Waals surface area contributed by atoms with Gasteiger partial charge in [-0.15, -0.1) is 0 Å². The van der Waals surface area contributed by atoms with Crippen molar-refractivity contribution in [3.63, 3.8) is 0 Å². The molecule has 1 aliphatic heterocycles. The quantitative estimate of drug-likeness (QED) is 0.818. The summed E-state index contributed by atoms with van der Waals surface area (Å²) < 4.78 is 0.295. The predicted molar refractivity (Wildman–Crippen MR) is 75.2 cm³/mol. The number of carbonyl (C=O) groups is 1. The molecule has 19 heavy (non-hydrogen) atoms. The molecule has 0 unspecified atom stereocenters. The Morgan fingerprint density at radius 2 is 2.11 bits per heavy atom. The molecule has 0 fully saturated rings. The number of aromatic nitrogens is 2. The Labute approximate surface area is 115 Å². The third-order valence-electron chi connectivity index (χ3n) is 3.11. The van der Waals surface area contributed by atoms with Crippen LogP contribution in [0.4, 0.5) is 11.6 Å². The molecular formula is C13H12N4OS. The molecule has 1 amide bonds. The summed E-state index contributed by atoms with van der Waals surface area (Å²) in [6.45, 7) is 0.484. The van der Waals surface area contributed by atoms with E-state index in [9.17, 15) is 4.79 Å². The van der Waals surface area contributed by atoms with E-state index in [0.717, 1.165) is 11.1 Å². The number of hydrogen-bond donors (Lipinski definition) is 2. The van der Waals surface area contributed by atoms with E-state index in [0.29, 0.717) is 23.0 Å². The monoisotopic (exact) mass is 272 g/mol. The van der Waals surface area contributed by atoms with Crippen LogP contribution in [0.1, 0.15) is 11.1 Å². The minimum atomic E-state index is -0.00736. The van der Waals surface area contributed by atoms with Gasteiger partial charge in [0.2, 0.25) is 5.91 Å². The van der Waals surface area contributed by atoms with Gasteiger partial charge < -0.3 is 10.7 Å². The zero-order chi connectivity index (χ0) is 13.4. The molecule has 5 nitrogen and oxygen atoms in total. The van der Waals surface area contributed by atoms with Crippen molar-refractivity contribution in [3.05, 3.63) is 46.2 Å². The molecule has 1 aliphatic rings. The van der Waals surface area contributed by atoms with Gasteiger partial charge in [-0.3, -0.25) is 9.69 Å². The second-order valence-electron chi connectivity index (χ2n) is 4.40. The number of benzene rings is 1. The van der Waals surface area contributed by atoms with E-state index < -0.39 is 0 Å². The van der Waals surface area contributed by atoms with Crippen LogP contribution in [0.25, 0.3) is 0 Å². The van der Waals surface area contributed by atoms with Crippen molar-refractivity contribution < 1.29 is 4.79 Å². The van der Waals surface area contributed by atoms with Gasteiger partial charge in [-0.25, -0.2) is 4.98 Å². The molecule has 6 heteroatoms.